The Morgan fingerprint density at radius 2 is 1.81 bits per heavy atom. The Labute approximate surface area is 210 Å². The average molecular weight is 494 g/mol. The molecule has 2 aromatic heterocycles. The number of piperidine rings is 1. The summed E-state index contributed by atoms with van der Waals surface area (Å²) in [4.78, 5) is 20.3. The Kier molecular flexibility index (Phi) is 6.37. The van der Waals surface area contributed by atoms with Gasteiger partial charge in [0.25, 0.3) is 5.91 Å². The van der Waals surface area contributed by atoms with Gasteiger partial charge in [0.05, 0.1) is 23.3 Å². The van der Waals surface area contributed by atoms with Crippen LogP contribution in [-0.4, -0.2) is 64.6 Å². The van der Waals surface area contributed by atoms with E-state index < -0.39 is 5.82 Å². The van der Waals surface area contributed by atoms with E-state index in [2.05, 4.69) is 14.9 Å². The van der Waals surface area contributed by atoms with Crippen LogP contribution in [0.15, 0.2) is 42.7 Å². The number of fused-ring (bicyclic) bond motifs is 1. The van der Waals surface area contributed by atoms with Gasteiger partial charge >= 0.3 is 0 Å². The van der Waals surface area contributed by atoms with E-state index in [4.69, 9.17) is 0 Å². The first-order valence-corrected chi connectivity index (χ1v) is 13.3. The van der Waals surface area contributed by atoms with Gasteiger partial charge in [0, 0.05) is 43.6 Å². The minimum Gasteiger partial charge on any atom is -0.364 e. The molecule has 0 aliphatic carbocycles. The maximum absolute atomic E-state index is 14.6. The van der Waals surface area contributed by atoms with Crippen LogP contribution >= 0.6 is 0 Å². The lowest BCUT2D eigenvalue weighted by molar-refractivity contribution is 0.0650. The first-order valence-electron chi connectivity index (χ1n) is 13.3. The molecule has 1 amide bonds. The van der Waals surface area contributed by atoms with Crippen molar-refractivity contribution < 1.29 is 13.6 Å². The van der Waals surface area contributed by atoms with Gasteiger partial charge in [-0.2, -0.15) is 5.10 Å². The molecule has 36 heavy (non-hydrogen) atoms. The Hall–Kier alpha value is -3.00. The van der Waals surface area contributed by atoms with Gasteiger partial charge in [-0.15, -0.1) is 0 Å². The fourth-order valence-corrected chi connectivity index (χ4v) is 6.38. The third kappa shape index (κ3) is 4.47. The molecule has 8 heteroatoms. The summed E-state index contributed by atoms with van der Waals surface area (Å²) in [6, 6.07) is 7.34. The number of carbonyl (C=O) groups is 1. The second kappa shape index (κ2) is 9.81. The zero-order valence-corrected chi connectivity index (χ0v) is 20.6. The molecule has 0 unspecified atom stereocenters. The fraction of sp³-hybridized carbons (Fsp3) is 0.500. The molecule has 0 radical (unpaired) electrons. The third-order valence-electron chi connectivity index (χ3n) is 8.16. The van der Waals surface area contributed by atoms with Gasteiger partial charge in [0.15, 0.2) is 0 Å². The first-order chi connectivity index (χ1) is 17.6. The number of aromatic nitrogens is 2. The topological polar surface area (TPSA) is 44.1 Å². The van der Waals surface area contributed by atoms with Crippen molar-refractivity contribution in [2.75, 3.05) is 44.2 Å². The van der Waals surface area contributed by atoms with Crippen molar-refractivity contribution in [1.82, 2.24) is 19.4 Å². The van der Waals surface area contributed by atoms with Crippen LogP contribution in [0, 0.1) is 17.6 Å². The van der Waals surface area contributed by atoms with Gasteiger partial charge in [-0.25, -0.2) is 13.3 Å². The van der Waals surface area contributed by atoms with E-state index in [1.54, 1.807) is 10.7 Å². The van der Waals surface area contributed by atoms with Gasteiger partial charge in [0.1, 0.15) is 11.6 Å². The lowest BCUT2D eigenvalue weighted by Crippen LogP contribution is -2.43. The highest BCUT2D eigenvalue weighted by molar-refractivity contribution is 6.01. The summed E-state index contributed by atoms with van der Waals surface area (Å²) in [6.45, 7) is 5.75. The Bertz CT molecular complexity index is 1250. The summed E-state index contributed by atoms with van der Waals surface area (Å²) in [6.07, 6.45) is 9.93. The molecular weight excluding hydrogens is 460 g/mol. The minimum absolute atomic E-state index is 0.0300. The van der Waals surface area contributed by atoms with Crippen molar-refractivity contribution in [1.29, 1.82) is 0 Å². The zero-order chi connectivity index (χ0) is 24.6. The van der Waals surface area contributed by atoms with E-state index in [1.807, 2.05) is 23.2 Å². The molecule has 3 saturated heterocycles. The van der Waals surface area contributed by atoms with Gasteiger partial charge in [-0.05, 0) is 87.9 Å². The summed E-state index contributed by atoms with van der Waals surface area (Å²) < 4.78 is 30.2. The number of amides is 1. The van der Waals surface area contributed by atoms with Gasteiger partial charge < -0.3 is 14.7 Å². The predicted octanol–water partition coefficient (Wildman–Crippen LogP) is 4.90. The van der Waals surface area contributed by atoms with Crippen LogP contribution in [0.1, 0.15) is 60.5 Å². The smallest absolute Gasteiger partial charge is 0.257 e. The first kappa shape index (κ1) is 23.4. The summed E-state index contributed by atoms with van der Waals surface area (Å²) in [5, 5.41) is 4.44. The average Bonchev–Trinajstić information content (AvgIpc) is 3.66. The van der Waals surface area contributed by atoms with Crippen molar-refractivity contribution in [3.63, 3.8) is 0 Å². The molecular formula is C28H33F2N5O. The number of likely N-dealkylation sites (tertiary alicyclic amines) is 2. The second-order valence-corrected chi connectivity index (χ2v) is 10.6. The summed E-state index contributed by atoms with van der Waals surface area (Å²) in [5.74, 6) is -0.266. The normalized spacial score (nSPS) is 23.2. The van der Waals surface area contributed by atoms with E-state index in [1.165, 1.54) is 44.5 Å². The van der Waals surface area contributed by atoms with Crippen molar-refractivity contribution >= 4 is 17.1 Å². The van der Waals surface area contributed by atoms with Gasteiger partial charge in [-0.1, -0.05) is 0 Å². The highest BCUT2D eigenvalue weighted by atomic mass is 19.1. The maximum Gasteiger partial charge on any atom is 0.257 e. The van der Waals surface area contributed by atoms with E-state index in [-0.39, 0.29) is 17.8 Å². The van der Waals surface area contributed by atoms with Crippen molar-refractivity contribution in [2.24, 2.45) is 5.92 Å². The largest absolute Gasteiger partial charge is 0.364 e. The van der Waals surface area contributed by atoms with Crippen LogP contribution in [0.4, 0.5) is 14.5 Å². The molecule has 3 fully saturated rings. The summed E-state index contributed by atoms with van der Waals surface area (Å²) >= 11 is 0. The standard InChI is InChI=1S/C28H33F2N5O/c29-21-7-8-25(30)23(15-21)26-6-4-13-34(26)22-9-14-35-27(16-22)24(17-31-35)28(36)33-12-3-5-20(19-33)18-32-10-1-2-11-32/h7-9,14-17,20,26H,1-6,10-13,18-19H2/t20-,26+/m0/s1. The number of anilines is 1. The maximum atomic E-state index is 14.6. The Balaban J connectivity index is 1.24. The highest BCUT2D eigenvalue weighted by Gasteiger charge is 2.31. The van der Waals surface area contributed by atoms with Crippen LogP contribution in [-0.2, 0) is 0 Å². The van der Waals surface area contributed by atoms with Crippen molar-refractivity contribution in [2.45, 2.75) is 44.6 Å². The summed E-state index contributed by atoms with van der Waals surface area (Å²) in [7, 11) is 0. The number of hydrogen-bond donors (Lipinski definition) is 0. The van der Waals surface area contributed by atoms with E-state index in [0.29, 0.717) is 17.0 Å². The molecule has 6 nitrogen and oxygen atoms in total. The van der Waals surface area contributed by atoms with Crippen molar-refractivity contribution in [3.8, 4) is 0 Å². The SMILES string of the molecule is O=C(c1cnn2ccc(N3CCC[C@@H]3c3cc(F)ccc3F)cc12)N1CCC[C@@H](CN2CCCC2)C1. The molecule has 0 bridgehead atoms. The summed E-state index contributed by atoms with van der Waals surface area (Å²) in [5.41, 5.74) is 2.64. The van der Waals surface area contributed by atoms with Crippen LogP contribution in [0.3, 0.4) is 0 Å². The Morgan fingerprint density at radius 1 is 0.972 bits per heavy atom. The number of nitrogens with zero attached hydrogens (tertiary/aromatic N) is 5. The van der Waals surface area contributed by atoms with Gasteiger partial charge in [-0.3, -0.25) is 4.79 Å². The van der Waals surface area contributed by atoms with Gasteiger partial charge in [0.2, 0.25) is 0 Å². The number of halogens is 2. The number of carbonyl (C=O) groups excluding carboxylic acids is 1. The molecule has 2 atom stereocenters. The Morgan fingerprint density at radius 3 is 2.67 bits per heavy atom. The zero-order valence-electron chi connectivity index (χ0n) is 20.6. The van der Waals surface area contributed by atoms with E-state index in [9.17, 15) is 13.6 Å². The molecule has 190 valence electrons. The molecule has 0 spiro atoms. The number of benzene rings is 1. The van der Waals surface area contributed by atoms with E-state index >= 15 is 0 Å². The quantitative estimate of drug-likeness (QED) is 0.507. The monoisotopic (exact) mass is 493 g/mol. The molecule has 0 saturated carbocycles. The van der Waals surface area contributed by atoms with Crippen LogP contribution in [0.5, 0.6) is 0 Å². The minimum atomic E-state index is -0.429. The fourth-order valence-electron chi connectivity index (χ4n) is 6.38. The number of hydrogen-bond acceptors (Lipinski definition) is 4. The van der Waals surface area contributed by atoms with Crippen LogP contribution < -0.4 is 4.90 Å². The molecule has 0 N–H and O–H groups in total. The number of pyridine rings is 1. The molecule has 3 aliphatic rings. The number of rotatable bonds is 5. The molecule has 6 rings (SSSR count). The van der Waals surface area contributed by atoms with Crippen LogP contribution in [0.25, 0.3) is 5.52 Å². The van der Waals surface area contributed by atoms with Crippen LogP contribution in [0.2, 0.25) is 0 Å². The second-order valence-electron chi connectivity index (χ2n) is 10.6. The van der Waals surface area contributed by atoms with E-state index in [0.717, 1.165) is 62.7 Å². The molecule has 3 aliphatic heterocycles. The lowest BCUT2D eigenvalue weighted by atomic mass is 9.97. The van der Waals surface area contributed by atoms with Crippen molar-refractivity contribution in [3.05, 3.63) is 65.5 Å². The third-order valence-corrected chi connectivity index (χ3v) is 8.16. The highest BCUT2D eigenvalue weighted by Crippen LogP contribution is 2.38. The molecule has 5 heterocycles. The molecule has 3 aromatic rings. The molecule has 1 aromatic carbocycles. The lowest BCUT2D eigenvalue weighted by Gasteiger charge is -2.34. The predicted molar refractivity (Wildman–Crippen MR) is 135 cm³/mol.